The Hall–Kier alpha value is -0.310. The van der Waals surface area contributed by atoms with Crippen LogP contribution in [-0.2, 0) is 6.54 Å². The van der Waals surface area contributed by atoms with Crippen LogP contribution >= 0.6 is 23.2 Å². The maximum atomic E-state index is 13.0. The molecule has 0 atom stereocenters. The van der Waals surface area contributed by atoms with Crippen LogP contribution in [0, 0.1) is 5.82 Å². The molecule has 2 rings (SSSR count). The van der Waals surface area contributed by atoms with Gasteiger partial charge >= 0.3 is 0 Å². The second-order valence-corrected chi connectivity index (χ2v) is 5.60. The van der Waals surface area contributed by atoms with Crippen molar-refractivity contribution in [3.63, 3.8) is 0 Å². The van der Waals surface area contributed by atoms with Crippen molar-refractivity contribution in [2.45, 2.75) is 43.6 Å². The Bertz CT molecular complexity index is 376. The highest BCUT2D eigenvalue weighted by Gasteiger charge is 2.18. The minimum Gasteiger partial charge on any atom is -0.310 e. The maximum Gasteiger partial charge on any atom is 0.141 e. The minimum atomic E-state index is -0.363. The molecule has 0 radical (unpaired) electrons. The molecule has 1 aliphatic rings. The van der Waals surface area contributed by atoms with Crippen LogP contribution in [0.25, 0.3) is 0 Å². The molecule has 0 saturated heterocycles. The normalized spacial score (nSPS) is 24.9. The van der Waals surface area contributed by atoms with Crippen LogP contribution < -0.4 is 5.32 Å². The van der Waals surface area contributed by atoms with Crippen molar-refractivity contribution >= 4 is 23.2 Å². The molecule has 4 heteroatoms. The zero-order chi connectivity index (χ0) is 12.3. The number of benzene rings is 1. The molecule has 17 heavy (non-hydrogen) atoms. The molecule has 1 aliphatic carbocycles. The molecule has 1 N–H and O–H groups in total. The molecule has 0 spiro atoms. The molecule has 1 saturated carbocycles. The lowest BCUT2D eigenvalue weighted by atomic mass is 9.95. The largest absolute Gasteiger partial charge is 0.310 e. The van der Waals surface area contributed by atoms with E-state index in [2.05, 4.69) is 5.32 Å². The van der Waals surface area contributed by atoms with Gasteiger partial charge < -0.3 is 5.32 Å². The number of nitrogens with one attached hydrogen (secondary N) is 1. The van der Waals surface area contributed by atoms with Gasteiger partial charge in [0.15, 0.2) is 0 Å². The van der Waals surface area contributed by atoms with Crippen LogP contribution in [0.3, 0.4) is 0 Å². The zero-order valence-electron chi connectivity index (χ0n) is 9.56. The Balaban J connectivity index is 1.83. The van der Waals surface area contributed by atoms with Crippen molar-refractivity contribution < 1.29 is 4.39 Å². The van der Waals surface area contributed by atoms with E-state index in [4.69, 9.17) is 23.2 Å². The van der Waals surface area contributed by atoms with Gasteiger partial charge in [0.25, 0.3) is 0 Å². The smallest absolute Gasteiger partial charge is 0.141 e. The van der Waals surface area contributed by atoms with Crippen LogP contribution in [-0.4, -0.2) is 11.4 Å². The monoisotopic (exact) mass is 275 g/mol. The van der Waals surface area contributed by atoms with Crippen LogP contribution in [0.4, 0.5) is 4.39 Å². The first kappa shape index (κ1) is 13.1. The average Bonchev–Trinajstić information content (AvgIpc) is 2.33. The van der Waals surface area contributed by atoms with Crippen LogP contribution in [0.5, 0.6) is 0 Å². The summed E-state index contributed by atoms with van der Waals surface area (Å²) < 4.78 is 13.0. The molecule has 0 unspecified atom stereocenters. The van der Waals surface area contributed by atoms with E-state index in [0.29, 0.717) is 11.4 Å². The summed E-state index contributed by atoms with van der Waals surface area (Å²) in [5.41, 5.74) is 1.02. The van der Waals surface area contributed by atoms with Crippen molar-refractivity contribution in [2.75, 3.05) is 0 Å². The average molecular weight is 276 g/mol. The van der Waals surface area contributed by atoms with Gasteiger partial charge in [-0.3, -0.25) is 0 Å². The van der Waals surface area contributed by atoms with E-state index in [0.717, 1.165) is 37.8 Å². The van der Waals surface area contributed by atoms with Gasteiger partial charge in [0, 0.05) is 18.0 Å². The Morgan fingerprint density at radius 1 is 1.24 bits per heavy atom. The molecule has 94 valence electrons. The summed E-state index contributed by atoms with van der Waals surface area (Å²) in [4.78, 5) is 0. The SMILES string of the molecule is Fc1ccc(CNC2CCC(Cl)CC2)cc1Cl. The van der Waals surface area contributed by atoms with E-state index in [1.54, 1.807) is 12.1 Å². The second kappa shape index (κ2) is 6.03. The third kappa shape index (κ3) is 3.84. The first-order valence-electron chi connectivity index (χ1n) is 5.96. The summed E-state index contributed by atoms with van der Waals surface area (Å²) in [7, 11) is 0. The molecular weight excluding hydrogens is 260 g/mol. The van der Waals surface area contributed by atoms with Crippen LogP contribution in [0.15, 0.2) is 18.2 Å². The van der Waals surface area contributed by atoms with Crippen molar-refractivity contribution in [3.8, 4) is 0 Å². The van der Waals surface area contributed by atoms with Crippen LogP contribution in [0.2, 0.25) is 5.02 Å². The lowest BCUT2D eigenvalue weighted by Crippen LogP contribution is -2.32. The number of halogens is 3. The van der Waals surface area contributed by atoms with E-state index in [9.17, 15) is 4.39 Å². The molecule has 0 aromatic heterocycles. The number of hydrogen-bond donors (Lipinski definition) is 1. The summed E-state index contributed by atoms with van der Waals surface area (Å²) in [5, 5.41) is 4.00. The summed E-state index contributed by atoms with van der Waals surface area (Å²) in [6.45, 7) is 0.734. The molecule has 1 nitrogen and oxygen atoms in total. The minimum absolute atomic E-state index is 0.189. The Morgan fingerprint density at radius 2 is 1.94 bits per heavy atom. The third-order valence-corrected chi connectivity index (χ3v) is 3.96. The van der Waals surface area contributed by atoms with Gasteiger partial charge in [-0.2, -0.15) is 0 Å². The topological polar surface area (TPSA) is 12.0 Å². The fraction of sp³-hybridized carbons (Fsp3) is 0.538. The first-order chi connectivity index (χ1) is 8.15. The van der Waals surface area contributed by atoms with E-state index in [1.165, 1.54) is 6.07 Å². The first-order valence-corrected chi connectivity index (χ1v) is 6.78. The van der Waals surface area contributed by atoms with Crippen molar-refractivity contribution in [3.05, 3.63) is 34.6 Å². The highest BCUT2D eigenvalue weighted by Crippen LogP contribution is 2.23. The quantitative estimate of drug-likeness (QED) is 0.819. The van der Waals surface area contributed by atoms with Gasteiger partial charge in [-0.15, -0.1) is 11.6 Å². The summed E-state index contributed by atoms with van der Waals surface area (Å²) in [5.74, 6) is -0.363. The number of alkyl halides is 1. The highest BCUT2D eigenvalue weighted by atomic mass is 35.5. The lowest BCUT2D eigenvalue weighted by molar-refractivity contribution is 0.376. The van der Waals surface area contributed by atoms with Gasteiger partial charge in [-0.25, -0.2) is 4.39 Å². The predicted molar refractivity (Wildman–Crippen MR) is 70.1 cm³/mol. The molecule has 0 heterocycles. The molecule has 1 fully saturated rings. The molecule has 1 aromatic rings. The summed E-state index contributed by atoms with van der Waals surface area (Å²) in [6, 6.07) is 5.38. The highest BCUT2D eigenvalue weighted by molar-refractivity contribution is 6.30. The maximum absolute atomic E-state index is 13.0. The van der Waals surface area contributed by atoms with Gasteiger partial charge in [0.1, 0.15) is 5.82 Å². The summed E-state index contributed by atoms with van der Waals surface area (Å²) in [6.07, 6.45) is 4.37. The fourth-order valence-corrected chi connectivity index (χ4v) is 2.62. The van der Waals surface area contributed by atoms with E-state index >= 15 is 0 Å². The van der Waals surface area contributed by atoms with Gasteiger partial charge in [-0.05, 0) is 43.4 Å². The Kier molecular flexibility index (Phi) is 4.66. The summed E-state index contributed by atoms with van der Waals surface area (Å²) >= 11 is 11.8. The molecule has 0 aliphatic heterocycles. The zero-order valence-corrected chi connectivity index (χ0v) is 11.1. The van der Waals surface area contributed by atoms with Crippen molar-refractivity contribution in [2.24, 2.45) is 0 Å². The standard InChI is InChI=1S/C13H16Cl2FN/c14-10-2-4-11(5-3-10)17-8-9-1-6-13(16)12(15)7-9/h1,6-7,10-11,17H,2-5,8H2. The molecule has 1 aromatic carbocycles. The Morgan fingerprint density at radius 3 is 2.59 bits per heavy atom. The second-order valence-electron chi connectivity index (χ2n) is 4.58. The van der Waals surface area contributed by atoms with Gasteiger partial charge in [0.05, 0.1) is 5.02 Å². The van der Waals surface area contributed by atoms with Gasteiger partial charge in [0.2, 0.25) is 0 Å². The Labute approximate surface area is 111 Å². The fourth-order valence-electron chi connectivity index (χ4n) is 2.17. The number of rotatable bonds is 3. The van der Waals surface area contributed by atoms with Gasteiger partial charge in [-0.1, -0.05) is 17.7 Å². The van der Waals surface area contributed by atoms with Crippen LogP contribution in [0.1, 0.15) is 31.2 Å². The van der Waals surface area contributed by atoms with E-state index in [-0.39, 0.29) is 10.8 Å². The lowest BCUT2D eigenvalue weighted by Gasteiger charge is -2.26. The predicted octanol–water partition coefficient (Wildman–Crippen LogP) is 4.12. The van der Waals surface area contributed by atoms with E-state index < -0.39 is 0 Å². The third-order valence-electron chi connectivity index (χ3n) is 3.24. The molecular formula is C13H16Cl2FN. The molecule has 0 bridgehead atoms. The van der Waals surface area contributed by atoms with E-state index in [1.807, 2.05) is 0 Å². The number of hydrogen-bond acceptors (Lipinski definition) is 1. The van der Waals surface area contributed by atoms with Crippen molar-refractivity contribution in [1.29, 1.82) is 0 Å². The molecule has 0 amide bonds. The van der Waals surface area contributed by atoms with Crippen molar-refractivity contribution in [1.82, 2.24) is 5.32 Å².